The van der Waals surface area contributed by atoms with Gasteiger partial charge in [0.2, 0.25) is 0 Å². The van der Waals surface area contributed by atoms with Crippen molar-refractivity contribution in [2.45, 2.75) is 20.8 Å². The van der Waals surface area contributed by atoms with E-state index >= 15 is 0 Å². The van der Waals surface area contributed by atoms with Crippen molar-refractivity contribution in [1.82, 2.24) is 5.32 Å². The van der Waals surface area contributed by atoms with Gasteiger partial charge in [-0.1, -0.05) is 30.3 Å². The Labute approximate surface area is 155 Å². The van der Waals surface area contributed by atoms with Gasteiger partial charge in [-0.05, 0) is 44.5 Å². The molecule has 5 heteroatoms. The molecule has 0 spiro atoms. The summed E-state index contributed by atoms with van der Waals surface area (Å²) < 4.78 is 5.47. The highest BCUT2D eigenvalue weighted by molar-refractivity contribution is 5.94. The van der Waals surface area contributed by atoms with E-state index in [1.165, 1.54) is 18.2 Å². The van der Waals surface area contributed by atoms with Gasteiger partial charge in [-0.15, -0.1) is 0 Å². The highest BCUT2D eigenvalue weighted by atomic mass is 16.5. The van der Waals surface area contributed by atoms with E-state index in [2.05, 4.69) is 36.2 Å². The number of para-hydroxylation sites is 1. The highest BCUT2D eigenvalue weighted by Crippen LogP contribution is 2.18. The van der Waals surface area contributed by atoms with Crippen LogP contribution in [0.4, 0.5) is 5.69 Å². The highest BCUT2D eigenvalue weighted by Gasteiger charge is 2.08. The molecule has 0 aliphatic carbocycles. The second-order valence-electron chi connectivity index (χ2n) is 6.09. The molecular weight excluding hydrogens is 328 g/mol. The van der Waals surface area contributed by atoms with Crippen molar-refractivity contribution in [2.75, 3.05) is 31.1 Å². The van der Waals surface area contributed by atoms with E-state index in [9.17, 15) is 9.59 Å². The zero-order chi connectivity index (χ0) is 18.9. The molecule has 5 nitrogen and oxygen atoms in total. The summed E-state index contributed by atoms with van der Waals surface area (Å²) in [6, 6.07) is 15.1. The van der Waals surface area contributed by atoms with Gasteiger partial charge in [0, 0.05) is 30.9 Å². The number of benzene rings is 2. The van der Waals surface area contributed by atoms with Crippen molar-refractivity contribution < 1.29 is 14.3 Å². The summed E-state index contributed by atoms with van der Waals surface area (Å²) in [7, 11) is 0. The minimum absolute atomic E-state index is 0.0317. The first-order chi connectivity index (χ1) is 12.5. The van der Waals surface area contributed by atoms with Crippen LogP contribution in [0.5, 0.6) is 5.75 Å². The molecule has 1 N–H and O–H groups in total. The zero-order valence-electron chi connectivity index (χ0n) is 15.6. The number of carbonyl (C=O) groups is 2. The van der Waals surface area contributed by atoms with Crippen LogP contribution in [-0.4, -0.2) is 37.9 Å². The smallest absolute Gasteiger partial charge is 0.258 e. The molecule has 0 unspecified atom stereocenters. The lowest BCUT2D eigenvalue weighted by molar-refractivity contribution is -0.123. The Morgan fingerprint density at radius 3 is 2.58 bits per heavy atom. The molecule has 0 aromatic heterocycles. The number of ether oxygens (including phenoxy) is 1. The maximum Gasteiger partial charge on any atom is 0.258 e. The molecule has 2 aromatic rings. The Hall–Kier alpha value is -2.82. The van der Waals surface area contributed by atoms with Crippen LogP contribution in [0, 0.1) is 6.92 Å². The molecule has 0 bridgehead atoms. The van der Waals surface area contributed by atoms with Crippen molar-refractivity contribution in [3.8, 4) is 5.75 Å². The lowest BCUT2D eigenvalue weighted by Crippen LogP contribution is -2.37. The van der Waals surface area contributed by atoms with Gasteiger partial charge < -0.3 is 15.0 Å². The third-order valence-corrected chi connectivity index (χ3v) is 4.15. The monoisotopic (exact) mass is 354 g/mol. The van der Waals surface area contributed by atoms with E-state index < -0.39 is 0 Å². The molecule has 0 saturated heterocycles. The summed E-state index contributed by atoms with van der Waals surface area (Å²) in [4.78, 5) is 25.6. The number of nitrogens with one attached hydrogen (secondary N) is 1. The molecule has 138 valence electrons. The molecule has 1 amide bonds. The molecule has 0 aliphatic rings. The Morgan fingerprint density at radius 1 is 1.12 bits per heavy atom. The van der Waals surface area contributed by atoms with E-state index in [4.69, 9.17) is 4.74 Å². The van der Waals surface area contributed by atoms with Crippen LogP contribution in [-0.2, 0) is 4.79 Å². The molecular formula is C21H26N2O3. The maximum atomic E-state index is 12.0. The summed E-state index contributed by atoms with van der Waals surface area (Å²) in [5, 5.41) is 2.87. The van der Waals surface area contributed by atoms with Crippen molar-refractivity contribution >= 4 is 17.4 Å². The predicted octanol–water partition coefficient (Wildman–Crippen LogP) is 3.22. The molecule has 2 rings (SSSR count). The third-order valence-electron chi connectivity index (χ3n) is 4.15. The number of rotatable bonds is 9. The topological polar surface area (TPSA) is 58.6 Å². The fourth-order valence-electron chi connectivity index (χ4n) is 2.70. The summed E-state index contributed by atoms with van der Waals surface area (Å²) in [6.07, 6.45) is 0. The minimum Gasteiger partial charge on any atom is -0.484 e. The summed E-state index contributed by atoms with van der Waals surface area (Å²) in [5.74, 6) is 0.303. The van der Waals surface area contributed by atoms with Crippen molar-refractivity contribution in [3.05, 3.63) is 59.7 Å². The van der Waals surface area contributed by atoms with Gasteiger partial charge in [0.25, 0.3) is 5.91 Å². The Kier molecular flexibility index (Phi) is 7.21. The van der Waals surface area contributed by atoms with Crippen LogP contribution in [0.15, 0.2) is 48.5 Å². The molecule has 0 saturated carbocycles. The van der Waals surface area contributed by atoms with Crippen LogP contribution in [0.25, 0.3) is 0 Å². The van der Waals surface area contributed by atoms with Gasteiger partial charge >= 0.3 is 0 Å². The van der Waals surface area contributed by atoms with Gasteiger partial charge in [0.15, 0.2) is 12.4 Å². The number of Topliss-reactive ketones (excluding diaryl/α,β-unsaturated/α-hetero) is 1. The summed E-state index contributed by atoms with van der Waals surface area (Å²) in [6.45, 7) is 7.75. The number of hydrogen-bond donors (Lipinski definition) is 1. The van der Waals surface area contributed by atoms with Crippen molar-refractivity contribution in [1.29, 1.82) is 0 Å². The lowest BCUT2D eigenvalue weighted by atomic mass is 10.1. The number of ketones is 1. The number of aryl methyl sites for hydroxylation is 1. The van der Waals surface area contributed by atoms with Gasteiger partial charge in [0.1, 0.15) is 5.75 Å². The second-order valence-corrected chi connectivity index (χ2v) is 6.09. The third kappa shape index (κ3) is 5.62. The predicted molar refractivity (Wildman–Crippen MR) is 104 cm³/mol. The van der Waals surface area contributed by atoms with Crippen LogP contribution in [0.2, 0.25) is 0 Å². The molecule has 0 aliphatic heterocycles. The summed E-state index contributed by atoms with van der Waals surface area (Å²) >= 11 is 0. The number of nitrogens with zero attached hydrogens (tertiary/aromatic N) is 1. The lowest BCUT2D eigenvalue weighted by Gasteiger charge is -2.25. The minimum atomic E-state index is -0.181. The average molecular weight is 354 g/mol. The van der Waals surface area contributed by atoms with E-state index in [0.29, 0.717) is 17.9 Å². The standard InChI is InChI=1S/C21H26N2O3/c1-4-23(20-11-6-5-8-16(20)2)13-12-22-21(25)15-26-19-10-7-9-18(14-19)17(3)24/h5-11,14H,4,12-13,15H2,1-3H3,(H,22,25). The average Bonchev–Trinajstić information content (AvgIpc) is 2.64. The molecule has 0 atom stereocenters. The molecule has 0 heterocycles. The largest absolute Gasteiger partial charge is 0.484 e. The van der Waals surface area contributed by atoms with E-state index in [1.54, 1.807) is 24.3 Å². The van der Waals surface area contributed by atoms with Gasteiger partial charge in [-0.3, -0.25) is 9.59 Å². The molecule has 0 fully saturated rings. The van der Waals surface area contributed by atoms with Crippen LogP contribution < -0.4 is 15.0 Å². The van der Waals surface area contributed by atoms with Crippen LogP contribution in [0.1, 0.15) is 29.8 Å². The normalized spacial score (nSPS) is 10.3. The van der Waals surface area contributed by atoms with E-state index in [-0.39, 0.29) is 18.3 Å². The van der Waals surface area contributed by atoms with Gasteiger partial charge in [0.05, 0.1) is 0 Å². The fraction of sp³-hybridized carbons (Fsp3) is 0.333. The first-order valence-corrected chi connectivity index (χ1v) is 8.82. The van der Waals surface area contributed by atoms with Crippen LogP contribution in [0.3, 0.4) is 0 Å². The number of hydrogen-bond acceptors (Lipinski definition) is 4. The quantitative estimate of drug-likeness (QED) is 0.703. The van der Waals surface area contributed by atoms with Gasteiger partial charge in [-0.25, -0.2) is 0 Å². The number of carbonyl (C=O) groups excluding carboxylic acids is 2. The summed E-state index contributed by atoms with van der Waals surface area (Å²) in [5.41, 5.74) is 2.97. The number of amides is 1. The van der Waals surface area contributed by atoms with Crippen molar-refractivity contribution in [3.63, 3.8) is 0 Å². The zero-order valence-corrected chi connectivity index (χ0v) is 15.6. The fourth-order valence-corrected chi connectivity index (χ4v) is 2.70. The first-order valence-electron chi connectivity index (χ1n) is 8.82. The molecule has 26 heavy (non-hydrogen) atoms. The number of likely N-dealkylation sites (N-methyl/N-ethyl adjacent to an activating group) is 1. The SMILES string of the molecule is CCN(CCNC(=O)COc1cccc(C(C)=O)c1)c1ccccc1C. The Morgan fingerprint density at radius 2 is 1.88 bits per heavy atom. The Bertz CT molecular complexity index is 758. The first kappa shape index (κ1) is 19.5. The van der Waals surface area contributed by atoms with E-state index in [0.717, 1.165) is 13.1 Å². The van der Waals surface area contributed by atoms with E-state index in [1.807, 2.05) is 12.1 Å². The molecule has 2 aromatic carbocycles. The van der Waals surface area contributed by atoms with Crippen LogP contribution >= 0.6 is 0 Å². The number of anilines is 1. The van der Waals surface area contributed by atoms with Crippen molar-refractivity contribution in [2.24, 2.45) is 0 Å². The maximum absolute atomic E-state index is 12.0. The Balaban J connectivity index is 1.79. The van der Waals surface area contributed by atoms with Gasteiger partial charge in [-0.2, -0.15) is 0 Å². The molecule has 0 radical (unpaired) electrons. The second kappa shape index (κ2) is 9.61.